The number of carbonyl (C=O) groups is 2. The van der Waals surface area contributed by atoms with Crippen LogP contribution in [0, 0.1) is 6.92 Å². The Morgan fingerprint density at radius 3 is 2.18 bits per heavy atom. The molecule has 0 aromatic carbocycles. The summed E-state index contributed by atoms with van der Waals surface area (Å²) >= 11 is 0. The Labute approximate surface area is 127 Å². The Morgan fingerprint density at radius 1 is 1.05 bits per heavy atom. The molecule has 3 heterocycles. The molecule has 0 aliphatic carbocycles. The molecule has 7 nitrogen and oxygen atoms in total. The van der Waals surface area contributed by atoms with Gasteiger partial charge in [-0.25, -0.2) is 0 Å². The molecule has 0 N–H and O–H groups in total. The summed E-state index contributed by atoms with van der Waals surface area (Å²) in [6.07, 6.45) is 1.60. The summed E-state index contributed by atoms with van der Waals surface area (Å²) in [5.41, 5.74) is 0.733. The van der Waals surface area contributed by atoms with Crippen LogP contribution in [0.15, 0.2) is 35.0 Å². The highest BCUT2D eigenvalue weighted by atomic mass is 16.5. The first-order valence-electron chi connectivity index (χ1n) is 7.08. The second kappa shape index (κ2) is 5.97. The van der Waals surface area contributed by atoms with Crippen molar-refractivity contribution in [3.8, 4) is 0 Å². The van der Waals surface area contributed by atoms with Gasteiger partial charge >= 0.3 is 0 Å². The lowest BCUT2D eigenvalue weighted by atomic mass is 10.2. The summed E-state index contributed by atoms with van der Waals surface area (Å²) < 4.78 is 4.92. The molecule has 22 heavy (non-hydrogen) atoms. The molecule has 7 heteroatoms. The van der Waals surface area contributed by atoms with Crippen LogP contribution in [0.5, 0.6) is 0 Å². The van der Waals surface area contributed by atoms with Gasteiger partial charge in [-0.2, -0.15) is 0 Å². The topological polar surface area (TPSA) is 79.5 Å². The van der Waals surface area contributed by atoms with Gasteiger partial charge in [0, 0.05) is 38.4 Å². The highest BCUT2D eigenvalue weighted by Crippen LogP contribution is 2.11. The van der Waals surface area contributed by atoms with Crippen molar-refractivity contribution in [1.82, 2.24) is 19.9 Å². The van der Waals surface area contributed by atoms with Crippen molar-refractivity contribution < 1.29 is 14.1 Å². The first-order chi connectivity index (χ1) is 10.6. The number of rotatable bonds is 2. The Balaban J connectivity index is 1.61. The van der Waals surface area contributed by atoms with Crippen LogP contribution in [-0.2, 0) is 0 Å². The molecule has 1 aliphatic heterocycles. The van der Waals surface area contributed by atoms with Crippen LogP contribution < -0.4 is 0 Å². The molecule has 0 bridgehead atoms. The van der Waals surface area contributed by atoms with Gasteiger partial charge in [-0.1, -0.05) is 11.2 Å². The van der Waals surface area contributed by atoms with E-state index < -0.39 is 0 Å². The average Bonchev–Trinajstić information content (AvgIpc) is 3.01. The second-order valence-electron chi connectivity index (χ2n) is 5.12. The van der Waals surface area contributed by atoms with E-state index in [0.717, 1.165) is 0 Å². The van der Waals surface area contributed by atoms with Crippen molar-refractivity contribution in [1.29, 1.82) is 0 Å². The lowest BCUT2D eigenvalue weighted by Gasteiger charge is -2.34. The zero-order valence-corrected chi connectivity index (χ0v) is 12.2. The van der Waals surface area contributed by atoms with E-state index in [9.17, 15) is 9.59 Å². The minimum atomic E-state index is -0.165. The number of nitrogens with zero attached hydrogens (tertiary/aromatic N) is 4. The van der Waals surface area contributed by atoms with E-state index in [-0.39, 0.29) is 11.8 Å². The molecule has 0 spiro atoms. The minimum Gasteiger partial charge on any atom is -0.361 e. The number of aromatic nitrogens is 2. The maximum atomic E-state index is 12.3. The molecular formula is C15H16N4O3. The minimum absolute atomic E-state index is 0.107. The molecule has 3 rings (SSSR count). The van der Waals surface area contributed by atoms with Gasteiger partial charge in [0.25, 0.3) is 11.8 Å². The molecule has 2 aromatic rings. The van der Waals surface area contributed by atoms with Gasteiger partial charge in [0.1, 0.15) is 11.5 Å². The van der Waals surface area contributed by atoms with E-state index in [0.29, 0.717) is 43.3 Å². The molecule has 2 aromatic heterocycles. The number of aryl methyl sites for hydroxylation is 1. The molecule has 1 saturated heterocycles. The molecular weight excluding hydrogens is 284 g/mol. The fourth-order valence-corrected chi connectivity index (χ4v) is 2.39. The first kappa shape index (κ1) is 14.2. The highest BCUT2D eigenvalue weighted by molar-refractivity contribution is 5.94. The SMILES string of the molecule is Cc1cc(C(=O)N2CCN(C(=O)c3ccccn3)CC2)no1. The zero-order chi connectivity index (χ0) is 15.5. The third-order valence-electron chi connectivity index (χ3n) is 3.59. The van der Waals surface area contributed by atoms with Gasteiger partial charge in [-0.15, -0.1) is 0 Å². The van der Waals surface area contributed by atoms with Gasteiger partial charge < -0.3 is 14.3 Å². The number of pyridine rings is 1. The molecule has 0 unspecified atom stereocenters. The van der Waals surface area contributed by atoms with Crippen LogP contribution in [-0.4, -0.2) is 57.9 Å². The largest absolute Gasteiger partial charge is 0.361 e. The van der Waals surface area contributed by atoms with Gasteiger partial charge in [0.05, 0.1) is 0 Å². The molecule has 1 aliphatic rings. The zero-order valence-electron chi connectivity index (χ0n) is 12.2. The van der Waals surface area contributed by atoms with Crippen LogP contribution in [0.25, 0.3) is 0 Å². The monoisotopic (exact) mass is 300 g/mol. The van der Waals surface area contributed by atoms with Crippen LogP contribution in [0.2, 0.25) is 0 Å². The fourth-order valence-electron chi connectivity index (χ4n) is 2.39. The van der Waals surface area contributed by atoms with E-state index in [4.69, 9.17) is 4.52 Å². The summed E-state index contributed by atoms with van der Waals surface area (Å²) in [4.78, 5) is 32.0. The van der Waals surface area contributed by atoms with Gasteiger partial charge in [-0.3, -0.25) is 14.6 Å². The van der Waals surface area contributed by atoms with E-state index in [1.807, 2.05) is 0 Å². The molecule has 2 amide bonds. The Hall–Kier alpha value is -2.70. The molecule has 0 saturated carbocycles. The Bertz CT molecular complexity index is 675. The maximum absolute atomic E-state index is 12.3. The molecule has 0 radical (unpaired) electrons. The van der Waals surface area contributed by atoms with Gasteiger partial charge in [0.15, 0.2) is 5.69 Å². The maximum Gasteiger partial charge on any atom is 0.276 e. The number of carbonyl (C=O) groups excluding carboxylic acids is 2. The van der Waals surface area contributed by atoms with Crippen molar-refractivity contribution >= 4 is 11.8 Å². The van der Waals surface area contributed by atoms with Crippen LogP contribution in [0.1, 0.15) is 26.7 Å². The summed E-state index contributed by atoms with van der Waals surface area (Å²) in [6, 6.07) is 6.87. The van der Waals surface area contributed by atoms with Gasteiger partial charge in [0.2, 0.25) is 0 Å². The third-order valence-corrected chi connectivity index (χ3v) is 3.59. The number of amides is 2. The van der Waals surface area contributed by atoms with Gasteiger partial charge in [-0.05, 0) is 19.1 Å². The number of piperazine rings is 1. The van der Waals surface area contributed by atoms with Crippen molar-refractivity contribution in [2.75, 3.05) is 26.2 Å². The quantitative estimate of drug-likeness (QED) is 0.826. The Kier molecular flexibility index (Phi) is 3.86. The van der Waals surface area contributed by atoms with Crippen molar-refractivity contribution in [3.63, 3.8) is 0 Å². The standard InChI is InChI=1S/C15H16N4O3/c1-11-10-13(17-22-11)15(21)19-8-6-18(7-9-19)14(20)12-4-2-3-5-16-12/h2-5,10H,6-9H2,1H3. The van der Waals surface area contributed by atoms with E-state index in [1.54, 1.807) is 47.2 Å². The second-order valence-corrected chi connectivity index (χ2v) is 5.12. The van der Waals surface area contributed by atoms with Crippen LogP contribution in [0.4, 0.5) is 0 Å². The van der Waals surface area contributed by atoms with Crippen molar-refractivity contribution in [3.05, 3.63) is 47.6 Å². The lowest BCUT2D eigenvalue weighted by Crippen LogP contribution is -2.50. The summed E-state index contributed by atoms with van der Waals surface area (Å²) in [5.74, 6) is 0.332. The first-order valence-corrected chi connectivity index (χ1v) is 7.08. The van der Waals surface area contributed by atoms with Crippen LogP contribution >= 0.6 is 0 Å². The van der Waals surface area contributed by atoms with E-state index in [2.05, 4.69) is 10.1 Å². The lowest BCUT2D eigenvalue weighted by molar-refractivity contribution is 0.0526. The molecule has 114 valence electrons. The predicted octanol–water partition coefficient (Wildman–Crippen LogP) is 0.976. The third kappa shape index (κ3) is 2.83. The molecule has 0 atom stereocenters. The highest BCUT2D eigenvalue weighted by Gasteiger charge is 2.27. The summed E-state index contributed by atoms with van der Waals surface area (Å²) in [7, 11) is 0. The summed E-state index contributed by atoms with van der Waals surface area (Å²) in [6.45, 7) is 3.66. The summed E-state index contributed by atoms with van der Waals surface area (Å²) in [5, 5.41) is 3.74. The number of hydrogen-bond acceptors (Lipinski definition) is 5. The predicted molar refractivity (Wildman–Crippen MR) is 77.3 cm³/mol. The Morgan fingerprint density at radius 2 is 1.68 bits per heavy atom. The van der Waals surface area contributed by atoms with Crippen molar-refractivity contribution in [2.45, 2.75) is 6.92 Å². The smallest absolute Gasteiger partial charge is 0.276 e. The van der Waals surface area contributed by atoms with E-state index >= 15 is 0 Å². The normalized spacial score (nSPS) is 15.0. The fraction of sp³-hybridized carbons (Fsp3) is 0.333. The van der Waals surface area contributed by atoms with Crippen LogP contribution in [0.3, 0.4) is 0 Å². The van der Waals surface area contributed by atoms with Crippen molar-refractivity contribution in [2.24, 2.45) is 0 Å². The molecule has 1 fully saturated rings. The average molecular weight is 300 g/mol. The number of hydrogen-bond donors (Lipinski definition) is 0. The van der Waals surface area contributed by atoms with E-state index in [1.165, 1.54) is 0 Å².